The quantitative estimate of drug-likeness (QED) is 0.0421. The van der Waals surface area contributed by atoms with Crippen molar-refractivity contribution < 1.29 is 44.4 Å². The smallest absolute Gasteiger partial charge is 0.246 e. The number of hydrogen-bond acceptors (Lipinski definition) is 9. The third kappa shape index (κ3) is 18.5. The van der Waals surface area contributed by atoms with Gasteiger partial charge in [-0.2, -0.15) is 0 Å². The number of ketones is 1. The highest BCUT2D eigenvalue weighted by Gasteiger charge is 2.15. The third-order valence-electron chi connectivity index (χ3n) is 7.83. The summed E-state index contributed by atoms with van der Waals surface area (Å²) in [6.45, 7) is 7.13. The molecular weight excluding hydrogens is 624 g/mol. The highest BCUT2D eigenvalue weighted by molar-refractivity contribution is 5.95. The van der Waals surface area contributed by atoms with Crippen LogP contribution >= 0.6 is 0 Å². The molecule has 0 saturated carbocycles. The first-order valence-corrected chi connectivity index (χ1v) is 17.0. The van der Waals surface area contributed by atoms with Crippen molar-refractivity contribution in [1.82, 2.24) is 30.4 Å². The minimum Gasteiger partial charge on any atom is -0.356 e. The fourth-order valence-electron chi connectivity index (χ4n) is 4.80. The Bertz CT molecular complexity index is 1170. The standard InChI is InChI=1S/C33H56N6O9/c1-4-29(41)28-24-26(2)36(25-28)20-10-5-8-18-34-30(42)14-16-32(44)38(47)22-11-6-9-19-35-31(43)15-17-33(45)39(48)23-13-7-12-21-37(46)27(3)40/h24-25,46-48H,4-23H2,1-3H3,(H,34,42)(H,35,43). The first kappa shape index (κ1) is 42.2. The van der Waals surface area contributed by atoms with Crippen molar-refractivity contribution in [2.75, 3.05) is 32.7 Å². The molecule has 0 aliphatic heterocycles. The van der Waals surface area contributed by atoms with Gasteiger partial charge in [-0.3, -0.25) is 44.4 Å². The molecular formula is C33H56N6O9. The average molecular weight is 681 g/mol. The van der Waals surface area contributed by atoms with E-state index < -0.39 is 17.7 Å². The molecule has 272 valence electrons. The van der Waals surface area contributed by atoms with E-state index >= 15 is 0 Å². The van der Waals surface area contributed by atoms with Gasteiger partial charge in [0.2, 0.25) is 29.5 Å². The SMILES string of the molecule is CCC(=O)c1cc(C)n(CCCCCNC(=O)CCC(=O)N(O)CCCCCNC(=O)CCC(=O)N(O)CCCCCN(O)C(C)=O)c1. The Balaban J connectivity index is 2.03. The van der Waals surface area contributed by atoms with E-state index in [4.69, 9.17) is 0 Å². The predicted molar refractivity (Wildman–Crippen MR) is 176 cm³/mol. The van der Waals surface area contributed by atoms with Crippen LogP contribution in [0.25, 0.3) is 0 Å². The average Bonchev–Trinajstić information content (AvgIpc) is 3.44. The summed E-state index contributed by atoms with van der Waals surface area (Å²) in [6, 6.07) is 1.91. The van der Waals surface area contributed by atoms with Crippen LogP contribution in [0.1, 0.15) is 120 Å². The van der Waals surface area contributed by atoms with Crippen molar-refractivity contribution in [3.63, 3.8) is 0 Å². The summed E-state index contributed by atoms with van der Waals surface area (Å²) in [4.78, 5) is 71.0. The number of Topliss-reactive ketones (excluding diaryl/α,β-unsaturated/α-hetero) is 1. The number of nitrogens with zero attached hydrogens (tertiary/aromatic N) is 4. The molecule has 48 heavy (non-hydrogen) atoms. The van der Waals surface area contributed by atoms with Crippen LogP contribution in [-0.4, -0.2) is 103 Å². The number of aromatic nitrogens is 1. The zero-order valence-corrected chi connectivity index (χ0v) is 28.9. The van der Waals surface area contributed by atoms with Gasteiger partial charge >= 0.3 is 0 Å². The molecule has 0 atom stereocenters. The van der Waals surface area contributed by atoms with Crippen LogP contribution < -0.4 is 10.6 Å². The van der Waals surface area contributed by atoms with Gasteiger partial charge in [0.1, 0.15) is 0 Å². The summed E-state index contributed by atoms with van der Waals surface area (Å²) >= 11 is 0. The lowest BCUT2D eigenvalue weighted by molar-refractivity contribution is -0.166. The molecule has 0 aliphatic carbocycles. The van der Waals surface area contributed by atoms with Crippen molar-refractivity contribution in [3.8, 4) is 0 Å². The first-order chi connectivity index (χ1) is 22.8. The number of hydrogen-bond donors (Lipinski definition) is 5. The van der Waals surface area contributed by atoms with Gasteiger partial charge in [-0.25, -0.2) is 15.2 Å². The lowest BCUT2D eigenvalue weighted by Gasteiger charge is -2.16. The van der Waals surface area contributed by atoms with Crippen LogP contribution in [0.2, 0.25) is 0 Å². The van der Waals surface area contributed by atoms with E-state index in [9.17, 15) is 44.4 Å². The van der Waals surface area contributed by atoms with Gasteiger partial charge in [-0.15, -0.1) is 0 Å². The molecule has 1 aromatic rings. The highest BCUT2D eigenvalue weighted by atomic mass is 16.5. The number of unbranched alkanes of at least 4 members (excludes halogenated alkanes) is 6. The topological polar surface area (TPSA) is 202 Å². The van der Waals surface area contributed by atoms with Crippen LogP contribution in [-0.2, 0) is 30.5 Å². The summed E-state index contributed by atoms with van der Waals surface area (Å²) in [5.74, 6) is -2.00. The Morgan fingerprint density at radius 2 is 1.12 bits per heavy atom. The number of nitrogens with one attached hydrogen (secondary N) is 2. The van der Waals surface area contributed by atoms with Crippen molar-refractivity contribution >= 4 is 35.3 Å². The second-order valence-electron chi connectivity index (χ2n) is 11.9. The Morgan fingerprint density at radius 3 is 1.60 bits per heavy atom. The molecule has 0 radical (unpaired) electrons. The molecule has 5 N–H and O–H groups in total. The number of carbonyl (C=O) groups is 6. The number of carbonyl (C=O) groups excluding carboxylic acids is 6. The predicted octanol–water partition coefficient (Wildman–Crippen LogP) is 3.37. The molecule has 0 unspecified atom stereocenters. The second kappa shape index (κ2) is 24.3. The van der Waals surface area contributed by atoms with Crippen molar-refractivity contribution in [1.29, 1.82) is 0 Å². The van der Waals surface area contributed by atoms with Crippen LogP contribution in [0.5, 0.6) is 0 Å². The molecule has 1 heterocycles. The van der Waals surface area contributed by atoms with Gasteiger partial charge in [0.05, 0.1) is 0 Å². The maximum Gasteiger partial charge on any atom is 0.246 e. The lowest BCUT2D eigenvalue weighted by atomic mass is 10.2. The van der Waals surface area contributed by atoms with E-state index in [1.54, 1.807) is 0 Å². The molecule has 0 spiro atoms. The Kier molecular flexibility index (Phi) is 21.4. The zero-order chi connectivity index (χ0) is 35.9. The maximum absolute atomic E-state index is 12.2. The Morgan fingerprint density at radius 1 is 0.667 bits per heavy atom. The van der Waals surface area contributed by atoms with Gasteiger partial charge < -0.3 is 15.2 Å². The summed E-state index contributed by atoms with van der Waals surface area (Å²) in [5, 5.41) is 36.4. The molecule has 15 nitrogen and oxygen atoms in total. The molecule has 15 heteroatoms. The summed E-state index contributed by atoms with van der Waals surface area (Å²) in [5.41, 5.74) is 1.79. The molecule has 5 amide bonds. The minimum atomic E-state index is -0.570. The van der Waals surface area contributed by atoms with Crippen LogP contribution in [0.4, 0.5) is 0 Å². The number of amides is 5. The van der Waals surface area contributed by atoms with E-state index in [0.29, 0.717) is 73.2 Å². The van der Waals surface area contributed by atoms with Crippen molar-refractivity contribution in [2.45, 2.75) is 117 Å². The third-order valence-corrected chi connectivity index (χ3v) is 7.83. The highest BCUT2D eigenvalue weighted by Crippen LogP contribution is 2.12. The van der Waals surface area contributed by atoms with Crippen LogP contribution in [0.15, 0.2) is 12.3 Å². The van der Waals surface area contributed by atoms with E-state index in [-0.39, 0.29) is 62.9 Å². The molecule has 0 bridgehead atoms. The molecule has 1 rings (SSSR count). The molecule has 1 aromatic heterocycles. The van der Waals surface area contributed by atoms with E-state index in [1.165, 1.54) is 6.92 Å². The first-order valence-electron chi connectivity index (χ1n) is 17.0. The normalized spacial score (nSPS) is 10.8. The fourth-order valence-corrected chi connectivity index (χ4v) is 4.80. The van der Waals surface area contributed by atoms with E-state index in [1.807, 2.05) is 26.1 Å². The van der Waals surface area contributed by atoms with Gasteiger partial charge in [0, 0.05) is 95.8 Å². The van der Waals surface area contributed by atoms with Crippen LogP contribution in [0.3, 0.4) is 0 Å². The van der Waals surface area contributed by atoms with Crippen LogP contribution in [0, 0.1) is 6.92 Å². The summed E-state index contributed by atoms with van der Waals surface area (Å²) in [7, 11) is 0. The fraction of sp³-hybridized carbons (Fsp3) is 0.697. The van der Waals surface area contributed by atoms with E-state index in [0.717, 1.165) is 37.1 Å². The lowest BCUT2D eigenvalue weighted by Crippen LogP contribution is -2.31. The van der Waals surface area contributed by atoms with E-state index in [2.05, 4.69) is 15.2 Å². The van der Waals surface area contributed by atoms with Gasteiger partial charge in [-0.1, -0.05) is 6.92 Å². The Hall–Kier alpha value is -3.82. The molecule has 0 fully saturated rings. The summed E-state index contributed by atoms with van der Waals surface area (Å²) in [6.07, 6.45) is 8.02. The van der Waals surface area contributed by atoms with Gasteiger partial charge in [0.15, 0.2) is 5.78 Å². The number of rotatable bonds is 26. The number of hydroxylamine groups is 6. The zero-order valence-electron chi connectivity index (χ0n) is 28.9. The van der Waals surface area contributed by atoms with Crippen molar-refractivity contribution in [3.05, 3.63) is 23.5 Å². The summed E-state index contributed by atoms with van der Waals surface area (Å²) < 4.78 is 2.08. The number of aryl methyl sites for hydroxylation is 2. The van der Waals surface area contributed by atoms with Crippen molar-refractivity contribution in [2.24, 2.45) is 0 Å². The minimum absolute atomic E-state index is 0.0129. The van der Waals surface area contributed by atoms with Gasteiger partial charge in [0.25, 0.3) is 0 Å². The Labute approximate surface area is 283 Å². The largest absolute Gasteiger partial charge is 0.356 e. The monoisotopic (exact) mass is 680 g/mol. The van der Waals surface area contributed by atoms with Gasteiger partial charge in [-0.05, 0) is 70.8 Å². The molecule has 0 aromatic carbocycles. The second-order valence-corrected chi connectivity index (χ2v) is 11.9. The molecule has 0 aliphatic rings. The molecule has 0 saturated heterocycles. The maximum atomic E-state index is 12.2.